The number of carbonyl (C=O) groups excluding carboxylic acids is 1. The van der Waals surface area contributed by atoms with Crippen molar-refractivity contribution in [2.45, 2.75) is 0 Å². The van der Waals surface area contributed by atoms with E-state index >= 15 is 0 Å². The van der Waals surface area contributed by atoms with Gasteiger partial charge in [-0.3, -0.25) is 4.79 Å². The van der Waals surface area contributed by atoms with Crippen LogP contribution in [0.3, 0.4) is 0 Å². The van der Waals surface area contributed by atoms with E-state index in [2.05, 4.69) is 15.5 Å². The smallest absolute Gasteiger partial charge is 0.277 e. The van der Waals surface area contributed by atoms with Gasteiger partial charge in [0.05, 0.1) is 23.4 Å². The van der Waals surface area contributed by atoms with Gasteiger partial charge in [-0.05, 0) is 30.3 Å². The third-order valence-electron chi connectivity index (χ3n) is 4.53. The minimum absolute atomic E-state index is 0.145. The molecule has 3 aromatic rings. The van der Waals surface area contributed by atoms with Crippen LogP contribution in [0.4, 0.5) is 11.4 Å². The number of nitrogens with zero attached hydrogens (tertiary/aromatic N) is 4. The van der Waals surface area contributed by atoms with Crippen LogP contribution in [0, 0.1) is 0 Å². The molecule has 1 N–H and O–H groups in total. The molecule has 1 aliphatic rings. The fourth-order valence-electron chi connectivity index (χ4n) is 3.00. The molecule has 8 nitrogen and oxygen atoms in total. The zero-order valence-electron chi connectivity index (χ0n) is 15.0. The van der Waals surface area contributed by atoms with E-state index in [9.17, 15) is 13.2 Å². The van der Waals surface area contributed by atoms with E-state index in [0.29, 0.717) is 18.8 Å². The van der Waals surface area contributed by atoms with Crippen LogP contribution < -0.4 is 10.2 Å². The van der Waals surface area contributed by atoms with Gasteiger partial charge in [0, 0.05) is 24.5 Å². The van der Waals surface area contributed by atoms with Gasteiger partial charge in [0.15, 0.2) is 15.5 Å². The van der Waals surface area contributed by atoms with E-state index in [1.807, 2.05) is 53.4 Å². The van der Waals surface area contributed by atoms with Gasteiger partial charge in [0.2, 0.25) is 0 Å². The largest absolute Gasteiger partial charge is 0.369 e. The highest BCUT2D eigenvalue weighted by Crippen LogP contribution is 2.22. The molecule has 0 aliphatic carbocycles. The molecular formula is C19H19N5O3S. The fourth-order valence-corrected chi connectivity index (χ4v) is 4.20. The number of benzene rings is 2. The topological polar surface area (TPSA) is 97.2 Å². The van der Waals surface area contributed by atoms with Gasteiger partial charge in [-0.25, -0.2) is 8.42 Å². The van der Waals surface area contributed by atoms with E-state index in [0.717, 1.165) is 11.4 Å². The summed E-state index contributed by atoms with van der Waals surface area (Å²) in [5.41, 5.74) is 2.47. The van der Waals surface area contributed by atoms with Gasteiger partial charge >= 0.3 is 0 Å². The second-order valence-electron chi connectivity index (χ2n) is 6.50. The molecule has 0 saturated carbocycles. The summed E-state index contributed by atoms with van der Waals surface area (Å²) in [7, 11) is -2.94. The average molecular weight is 397 g/mol. The Labute approximate surface area is 162 Å². The van der Waals surface area contributed by atoms with E-state index in [1.165, 1.54) is 11.0 Å². The Hall–Kier alpha value is -3.20. The first-order chi connectivity index (χ1) is 13.5. The number of aromatic nitrogens is 3. The molecule has 0 bridgehead atoms. The number of sulfone groups is 1. The van der Waals surface area contributed by atoms with Crippen LogP contribution in [0.2, 0.25) is 0 Å². The molecule has 4 rings (SSSR count). The van der Waals surface area contributed by atoms with Crippen LogP contribution >= 0.6 is 0 Å². The van der Waals surface area contributed by atoms with Crippen molar-refractivity contribution in [1.82, 2.24) is 15.0 Å². The molecule has 1 saturated heterocycles. The summed E-state index contributed by atoms with van der Waals surface area (Å²) in [6, 6.07) is 16.7. The van der Waals surface area contributed by atoms with Crippen molar-refractivity contribution in [2.24, 2.45) is 0 Å². The quantitative estimate of drug-likeness (QED) is 0.720. The number of rotatable bonds is 4. The molecule has 9 heteroatoms. The normalized spacial score (nSPS) is 15.9. The van der Waals surface area contributed by atoms with Crippen molar-refractivity contribution in [3.63, 3.8) is 0 Å². The molecule has 0 spiro atoms. The second kappa shape index (κ2) is 7.43. The van der Waals surface area contributed by atoms with E-state index < -0.39 is 9.84 Å². The average Bonchev–Trinajstić information content (AvgIpc) is 3.19. The SMILES string of the molecule is O=C(Nc1cccc(N2CCS(=O)(=O)CC2)c1)c1cnn(-c2ccccc2)n1. The molecule has 1 amide bonds. The van der Waals surface area contributed by atoms with Gasteiger partial charge in [-0.2, -0.15) is 9.90 Å². The molecule has 1 aromatic heterocycles. The fraction of sp³-hybridized carbons (Fsp3) is 0.211. The van der Waals surface area contributed by atoms with Crippen LogP contribution in [0.15, 0.2) is 60.8 Å². The maximum Gasteiger partial charge on any atom is 0.277 e. The number of amides is 1. The van der Waals surface area contributed by atoms with Crippen molar-refractivity contribution in [1.29, 1.82) is 0 Å². The molecular weight excluding hydrogens is 378 g/mol. The highest BCUT2D eigenvalue weighted by Gasteiger charge is 2.22. The lowest BCUT2D eigenvalue weighted by molar-refractivity contribution is 0.102. The summed E-state index contributed by atoms with van der Waals surface area (Å²) in [6.45, 7) is 0.899. The van der Waals surface area contributed by atoms with Gasteiger partial charge in [-0.15, -0.1) is 5.10 Å². The van der Waals surface area contributed by atoms with Crippen molar-refractivity contribution in [3.8, 4) is 5.69 Å². The first kappa shape index (κ1) is 18.2. The van der Waals surface area contributed by atoms with Crippen LogP contribution in [0.5, 0.6) is 0 Å². The van der Waals surface area contributed by atoms with E-state index in [4.69, 9.17) is 0 Å². The number of carbonyl (C=O) groups is 1. The van der Waals surface area contributed by atoms with Crippen molar-refractivity contribution < 1.29 is 13.2 Å². The lowest BCUT2D eigenvalue weighted by Gasteiger charge is -2.29. The minimum Gasteiger partial charge on any atom is -0.369 e. The third kappa shape index (κ3) is 4.04. The Morgan fingerprint density at radius 1 is 0.964 bits per heavy atom. The Bertz CT molecular complexity index is 1080. The summed E-state index contributed by atoms with van der Waals surface area (Å²) in [6.07, 6.45) is 1.42. The number of hydrogen-bond acceptors (Lipinski definition) is 6. The number of nitrogens with one attached hydrogen (secondary N) is 1. The molecule has 1 aliphatic heterocycles. The van der Waals surface area contributed by atoms with E-state index in [1.54, 1.807) is 6.07 Å². The van der Waals surface area contributed by atoms with Crippen LogP contribution in [0.25, 0.3) is 5.69 Å². The maximum atomic E-state index is 12.5. The summed E-state index contributed by atoms with van der Waals surface area (Å²) in [5.74, 6) is -0.0706. The first-order valence-electron chi connectivity index (χ1n) is 8.85. The molecule has 28 heavy (non-hydrogen) atoms. The molecule has 0 radical (unpaired) electrons. The predicted octanol–water partition coefficient (Wildman–Crippen LogP) is 1.75. The van der Waals surface area contributed by atoms with Gasteiger partial charge in [0.1, 0.15) is 0 Å². The molecule has 2 heterocycles. The lowest BCUT2D eigenvalue weighted by atomic mass is 10.2. The van der Waals surface area contributed by atoms with Gasteiger partial charge < -0.3 is 10.2 Å². The van der Waals surface area contributed by atoms with Crippen molar-refractivity contribution in [3.05, 3.63) is 66.5 Å². The minimum atomic E-state index is -2.94. The Morgan fingerprint density at radius 3 is 2.43 bits per heavy atom. The summed E-state index contributed by atoms with van der Waals surface area (Å²) in [5, 5.41) is 11.2. The van der Waals surface area contributed by atoms with Gasteiger partial charge in [0.25, 0.3) is 5.91 Å². The summed E-state index contributed by atoms with van der Waals surface area (Å²) < 4.78 is 23.2. The van der Waals surface area contributed by atoms with Crippen LogP contribution in [0.1, 0.15) is 10.5 Å². The highest BCUT2D eigenvalue weighted by molar-refractivity contribution is 7.91. The van der Waals surface area contributed by atoms with Crippen LogP contribution in [-0.4, -0.2) is 53.9 Å². The third-order valence-corrected chi connectivity index (χ3v) is 6.13. The zero-order valence-corrected chi connectivity index (χ0v) is 15.8. The predicted molar refractivity (Wildman–Crippen MR) is 107 cm³/mol. The molecule has 0 unspecified atom stereocenters. The van der Waals surface area contributed by atoms with Gasteiger partial charge in [-0.1, -0.05) is 24.3 Å². The number of para-hydroxylation sites is 1. The van der Waals surface area contributed by atoms with Crippen molar-refractivity contribution in [2.75, 3.05) is 34.8 Å². The number of hydrogen-bond donors (Lipinski definition) is 1. The lowest BCUT2D eigenvalue weighted by Crippen LogP contribution is -2.40. The first-order valence-corrected chi connectivity index (χ1v) is 10.7. The second-order valence-corrected chi connectivity index (χ2v) is 8.80. The van der Waals surface area contributed by atoms with E-state index in [-0.39, 0.29) is 23.1 Å². The van der Waals surface area contributed by atoms with Crippen LogP contribution in [-0.2, 0) is 9.84 Å². The summed E-state index contributed by atoms with van der Waals surface area (Å²) >= 11 is 0. The summed E-state index contributed by atoms with van der Waals surface area (Å²) in [4.78, 5) is 15.9. The molecule has 1 fully saturated rings. The Balaban J connectivity index is 1.46. The Morgan fingerprint density at radius 2 is 1.68 bits per heavy atom. The van der Waals surface area contributed by atoms with Crippen molar-refractivity contribution >= 4 is 27.1 Å². The molecule has 2 aromatic carbocycles. The monoisotopic (exact) mass is 397 g/mol. The maximum absolute atomic E-state index is 12.5. The zero-order chi connectivity index (χ0) is 19.6. The highest BCUT2D eigenvalue weighted by atomic mass is 32.2. The molecule has 144 valence electrons. The standard InChI is InChI=1S/C19H19N5O3S/c25-19(18-14-20-24(22-18)16-6-2-1-3-7-16)21-15-5-4-8-17(13-15)23-9-11-28(26,27)12-10-23/h1-8,13-14H,9-12H2,(H,21,25). The number of anilines is 2. The molecule has 0 atom stereocenters. The Kier molecular flexibility index (Phi) is 4.82.